The summed E-state index contributed by atoms with van der Waals surface area (Å²) in [4.78, 5) is 2.31. The number of hydrogen-bond donors (Lipinski definition) is 4. The van der Waals surface area contributed by atoms with E-state index >= 15 is 4.39 Å². The Kier molecular flexibility index (Phi) is 7.16. The summed E-state index contributed by atoms with van der Waals surface area (Å²) >= 11 is 6.48. The highest BCUT2D eigenvalue weighted by Gasteiger charge is 2.50. The van der Waals surface area contributed by atoms with Crippen LogP contribution in [0, 0.1) is 11.8 Å². The lowest BCUT2D eigenvalue weighted by molar-refractivity contribution is -0.0261. The Morgan fingerprint density at radius 2 is 2.17 bits per heavy atom. The Bertz CT molecular complexity index is 595. The molecule has 9 unspecified atom stereocenters. The molecule has 9 atom stereocenters. The highest BCUT2D eigenvalue weighted by Crippen LogP contribution is 2.44. The molecule has 0 bridgehead atoms. The van der Waals surface area contributed by atoms with Crippen LogP contribution >= 0.6 is 11.6 Å². The average Bonchev–Trinajstić information content (AvgIpc) is 3.05. The van der Waals surface area contributed by atoms with Gasteiger partial charge in [0, 0.05) is 31.2 Å². The number of nitrogens with zero attached hydrogens (tertiary/aromatic N) is 1. The molecule has 0 radical (unpaired) electrons. The third kappa shape index (κ3) is 4.66. The van der Waals surface area contributed by atoms with Crippen LogP contribution in [-0.4, -0.2) is 80.9 Å². The minimum absolute atomic E-state index is 0.0227. The molecule has 0 spiro atoms. The fraction of sp³-hybridized carbons (Fsp3) is 0.905. The third-order valence-electron chi connectivity index (χ3n) is 7.26. The Balaban J connectivity index is 1.49. The maximum atomic E-state index is 16.0. The summed E-state index contributed by atoms with van der Waals surface area (Å²) in [5, 5.41) is 13.6. The highest BCUT2D eigenvalue weighted by atomic mass is 35.5. The summed E-state index contributed by atoms with van der Waals surface area (Å²) in [6.45, 7) is 4.80. The van der Waals surface area contributed by atoms with E-state index in [1.165, 1.54) is 5.57 Å². The Morgan fingerprint density at radius 3 is 2.97 bits per heavy atom. The second-order valence-corrected chi connectivity index (χ2v) is 9.78. The fourth-order valence-corrected chi connectivity index (χ4v) is 5.88. The van der Waals surface area contributed by atoms with Crippen LogP contribution in [0.25, 0.3) is 0 Å². The molecule has 1 aliphatic carbocycles. The smallest absolute Gasteiger partial charge is 0.124 e. The number of alkyl halides is 2. The van der Waals surface area contributed by atoms with Crippen molar-refractivity contribution in [3.05, 3.63) is 11.6 Å². The van der Waals surface area contributed by atoms with E-state index in [1.54, 1.807) is 0 Å². The average molecular weight is 430 g/mol. The van der Waals surface area contributed by atoms with Crippen LogP contribution in [0.15, 0.2) is 11.6 Å². The van der Waals surface area contributed by atoms with Crippen molar-refractivity contribution < 1.29 is 9.13 Å². The zero-order valence-electron chi connectivity index (χ0n) is 17.8. The maximum Gasteiger partial charge on any atom is 0.124 e. The molecule has 29 heavy (non-hydrogen) atoms. The molecule has 3 aliphatic heterocycles. The molecule has 4 N–H and O–H groups in total. The van der Waals surface area contributed by atoms with Crippen molar-refractivity contribution in [2.45, 2.75) is 74.8 Å². The molecule has 1 saturated carbocycles. The van der Waals surface area contributed by atoms with E-state index in [0.29, 0.717) is 5.92 Å². The second-order valence-electron chi connectivity index (χ2n) is 9.27. The lowest BCUT2D eigenvalue weighted by atomic mass is 9.71. The first kappa shape index (κ1) is 21.9. The van der Waals surface area contributed by atoms with Gasteiger partial charge in [0.25, 0.3) is 0 Å². The molecule has 8 heteroatoms. The predicted octanol–water partition coefficient (Wildman–Crippen LogP) is 1.38. The van der Waals surface area contributed by atoms with Gasteiger partial charge in [-0.15, -0.1) is 11.6 Å². The molecule has 0 aromatic carbocycles. The summed E-state index contributed by atoms with van der Waals surface area (Å²) < 4.78 is 22.1. The second kappa shape index (κ2) is 9.47. The third-order valence-corrected chi connectivity index (χ3v) is 7.89. The van der Waals surface area contributed by atoms with E-state index in [2.05, 4.69) is 46.2 Å². The highest BCUT2D eigenvalue weighted by molar-refractivity contribution is 6.21. The monoisotopic (exact) mass is 429 g/mol. The number of fused-ring (bicyclic) bond motifs is 1. The van der Waals surface area contributed by atoms with Gasteiger partial charge in [0.05, 0.1) is 17.6 Å². The lowest BCUT2D eigenvalue weighted by Crippen LogP contribution is -2.73. The molecule has 0 aromatic rings. The molecule has 0 amide bonds. The normalized spacial score (nSPS) is 46.8. The van der Waals surface area contributed by atoms with Gasteiger partial charge >= 0.3 is 0 Å². The molecular weight excluding hydrogens is 393 g/mol. The van der Waals surface area contributed by atoms with Gasteiger partial charge in [0.2, 0.25) is 0 Å². The number of hydrogen-bond acceptors (Lipinski definition) is 6. The molecule has 4 rings (SSSR count). The van der Waals surface area contributed by atoms with E-state index in [0.717, 1.165) is 45.4 Å². The van der Waals surface area contributed by atoms with E-state index in [9.17, 15) is 0 Å². The Labute approximate surface area is 179 Å². The topological polar surface area (TPSA) is 60.6 Å². The molecule has 3 heterocycles. The fourth-order valence-electron chi connectivity index (χ4n) is 5.61. The number of nitrogens with one attached hydrogen (secondary N) is 4. The first-order valence-electron chi connectivity index (χ1n) is 11.2. The summed E-state index contributed by atoms with van der Waals surface area (Å²) in [6.07, 6.45) is 5.06. The lowest BCUT2D eigenvalue weighted by Gasteiger charge is -2.46. The van der Waals surface area contributed by atoms with Crippen molar-refractivity contribution in [3.63, 3.8) is 0 Å². The van der Waals surface area contributed by atoms with Crippen LogP contribution < -0.4 is 21.3 Å². The Hall–Kier alpha value is -0.280. The van der Waals surface area contributed by atoms with Gasteiger partial charge < -0.3 is 15.0 Å². The summed E-state index contributed by atoms with van der Waals surface area (Å²) in [7, 11) is 4.03. The van der Waals surface area contributed by atoms with Crippen LogP contribution in [0.1, 0.15) is 32.6 Å². The quantitative estimate of drug-likeness (QED) is 0.400. The van der Waals surface area contributed by atoms with E-state index in [4.69, 9.17) is 16.3 Å². The SMILES string of the molecule is CNC1NC(NC2CC3CCOC3C(C3=CCN(C)CCC3)C2F)NC(C)C1Cl. The zero-order chi connectivity index (χ0) is 20.5. The van der Waals surface area contributed by atoms with Gasteiger partial charge in [-0.05, 0) is 59.2 Å². The molecular formula is C21H37ClFN5O. The van der Waals surface area contributed by atoms with Gasteiger partial charge in [0.1, 0.15) is 12.5 Å². The number of likely N-dealkylation sites (N-methyl/N-ethyl adjacent to an activating group) is 1. The Morgan fingerprint density at radius 1 is 1.34 bits per heavy atom. The minimum atomic E-state index is -0.954. The van der Waals surface area contributed by atoms with Crippen molar-refractivity contribution in [1.29, 1.82) is 0 Å². The van der Waals surface area contributed by atoms with Crippen molar-refractivity contribution in [3.8, 4) is 0 Å². The van der Waals surface area contributed by atoms with Crippen LogP contribution in [-0.2, 0) is 4.74 Å². The van der Waals surface area contributed by atoms with Crippen LogP contribution in [0.5, 0.6) is 0 Å². The van der Waals surface area contributed by atoms with Gasteiger partial charge in [-0.1, -0.05) is 11.6 Å². The largest absolute Gasteiger partial charge is 0.377 e. The molecule has 0 aromatic heterocycles. The first-order chi connectivity index (χ1) is 14.0. The van der Waals surface area contributed by atoms with Gasteiger partial charge in [-0.25, -0.2) is 4.39 Å². The van der Waals surface area contributed by atoms with Crippen LogP contribution in [0.3, 0.4) is 0 Å². The van der Waals surface area contributed by atoms with Crippen molar-refractivity contribution >= 4 is 11.6 Å². The van der Waals surface area contributed by atoms with Crippen molar-refractivity contribution in [2.75, 3.05) is 33.8 Å². The van der Waals surface area contributed by atoms with Crippen LogP contribution in [0.2, 0.25) is 0 Å². The molecule has 166 valence electrons. The summed E-state index contributed by atoms with van der Waals surface area (Å²) in [5.41, 5.74) is 1.26. The van der Waals surface area contributed by atoms with E-state index < -0.39 is 6.17 Å². The molecule has 6 nitrogen and oxygen atoms in total. The number of ether oxygens (including phenoxy) is 1. The maximum absolute atomic E-state index is 16.0. The van der Waals surface area contributed by atoms with Gasteiger partial charge in [-0.2, -0.15) is 0 Å². The summed E-state index contributed by atoms with van der Waals surface area (Å²) in [6, 6.07) is -0.0839. The number of rotatable bonds is 4. The molecule has 4 aliphatic rings. The van der Waals surface area contributed by atoms with E-state index in [-0.39, 0.29) is 41.9 Å². The van der Waals surface area contributed by atoms with E-state index in [1.807, 2.05) is 7.05 Å². The molecule has 3 fully saturated rings. The van der Waals surface area contributed by atoms with Crippen molar-refractivity contribution in [1.82, 2.24) is 26.2 Å². The summed E-state index contributed by atoms with van der Waals surface area (Å²) in [5.74, 6) is 0.287. The standard InChI is InChI=1S/C21H37ClFN5O/c1-12-17(22)20(24-2)27-21(25-12)26-15-11-14-7-10-29-19(14)16(18(15)23)13-5-4-8-28(3)9-6-13/h6,12,14-21,24-27H,4-5,7-11H2,1-3H3. The first-order valence-corrected chi connectivity index (χ1v) is 11.6. The van der Waals surface area contributed by atoms with Crippen LogP contribution in [0.4, 0.5) is 4.39 Å². The predicted molar refractivity (Wildman–Crippen MR) is 115 cm³/mol. The molecule has 2 saturated heterocycles. The number of halogens is 2. The zero-order valence-corrected chi connectivity index (χ0v) is 18.6. The van der Waals surface area contributed by atoms with Gasteiger partial charge in [-0.3, -0.25) is 16.0 Å². The van der Waals surface area contributed by atoms with Gasteiger partial charge in [0.15, 0.2) is 0 Å². The minimum Gasteiger partial charge on any atom is -0.377 e. The van der Waals surface area contributed by atoms with Crippen molar-refractivity contribution in [2.24, 2.45) is 11.8 Å².